The molecule has 0 fully saturated rings. The van der Waals surface area contributed by atoms with E-state index in [1.54, 1.807) is 0 Å². The quantitative estimate of drug-likeness (QED) is 0.220. The number of aromatic nitrogens is 2. The van der Waals surface area contributed by atoms with Gasteiger partial charge in [0.15, 0.2) is 17.5 Å². The molecule has 0 saturated heterocycles. The first kappa shape index (κ1) is 19.0. The van der Waals surface area contributed by atoms with Crippen molar-refractivity contribution >= 4 is 11.7 Å². The molecule has 0 aliphatic heterocycles. The average molecular weight is 389 g/mol. The van der Waals surface area contributed by atoms with Gasteiger partial charge in [0, 0.05) is 23.4 Å². The number of esters is 1. The number of halogens is 3. The van der Waals surface area contributed by atoms with Crippen molar-refractivity contribution in [1.82, 2.24) is 9.97 Å². The van der Waals surface area contributed by atoms with E-state index in [-0.39, 0.29) is 22.7 Å². The summed E-state index contributed by atoms with van der Waals surface area (Å²) in [5.74, 6) is -5.80. The maximum Gasteiger partial charge on any atom is 0.381 e. The van der Waals surface area contributed by atoms with Crippen LogP contribution < -0.4 is 4.74 Å². The largest absolute Gasteiger partial charge is 0.421 e. The van der Waals surface area contributed by atoms with Crippen molar-refractivity contribution in [1.29, 1.82) is 0 Å². The van der Waals surface area contributed by atoms with E-state index in [0.29, 0.717) is 5.69 Å². The van der Waals surface area contributed by atoms with Crippen LogP contribution in [-0.2, 0) is 0 Å². The fourth-order valence-corrected chi connectivity index (χ4v) is 2.30. The Hall–Kier alpha value is -3.82. The number of nitro benzene ring substituents is 1. The fourth-order valence-electron chi connectivity index (χ4n) is 2.30. The summed E-state index contributed by atoms with van der Waals surface area (Å²) in [5.41, 5.74) is 0.00674. The molecule has 0 saturated carbocycles. The predicted molar refractivity (Wildman–Crippen MR) is 90.1 cm³/mol. The monoisotopic (exact) mass is 389 g/mol. The number of aryl methyl sites for hydroxylation is 1. The first-order valence-corrected chi connectivity index (χ1v) is 7.72. The summed E-state index contributed by atoms with van der Waals surface area (Å²) in [4.78, 5) is 30.1. The highest BCUT2D eigenvalue weighted by Crippen LogP contribution is 2.23. The Morgan fingerprint density at radius 1 is 1.04 bits per heavy atom. The summed E-state index contributed by atoms with van der Waals surface area (Å²) in [6.07, 6.45) is 0. The van der Waals surface area contributed by atoms with E-state index < -0.39 is 34.2 Å². The number of rotatable bonds is 4. The second kappa shape index (κ2) is 7.43. The lowest BCUT2D eigenvalue weighted by Crippen LogP contribution is -2.14. The van der Waals surface area contributed by atoms with Gasteiger partial charge in [-0.25, -0.2) is 27.9 Å². The lowest BCUT2D eigenvalue weighted by Gasteiger charge is -2.07. The molecule has 3 aromatic rings. The number of carbonyl (C=O) groups excluding carboxylic acids is 1. The zero-order chi connectivity index (χ0) is 20.4. The molecule has 1 heterocycles. The molecule has 0 amide bonds. The van der Waals surface area contributed by atoms with E-state index in [1.807, 2.05) is 0 Å². The van der Waals surface area contributed by atoms with Gasteiger partial charge in [-0.2, -0.15) is 0 Å². The van der Waals surface area contributed by atoms with Gasteiger partial charge in [-0.15, -0.1) is 0 Å². The van der Waals surface area contributed by atoms with Crippen LogP contribution in [0.25, 0.3) is 11.3 Å². The third-order valence-electron chi connectivity index (χ3n) is 3.57. The topological polar surface area (TPSA) is 95.2 Å². The molecule has 10 heteroatoms. The van der Waals surface area contributed by atoms with Crippen molar-refractivity contribution in [3.05, 3.63) is 81.5 Å². The highest BCUT2D eigenvalue weighted by molar-refractivity contribution is 5.87. The minimum absolute atomic E-state index is 0.0130. The molecule has 0 aliphatic carbocycles. The summed E-state index contributed by atoms with van der Waals surface area (Å²) < 4.78 is 45.1. The normalized spacial score (nSPS) is 10.6. The van der Waals surface area contributed by atoms with E-state index in [1.165, 1.54) is 25.1 Å². The summed E-state index contributed by atoms with van der Waals surface area (Å²) >= 11 is 0. The van der Waals surface area contributed by atoms with E-state index >= 15 is 0 Å². The van der Waals surface area contributed by atoms with Crippen LogP contribution in [0, 0.1) is 34.5 Å². The standard InChI is InChI=1S/C18H10F3N3O4/c1-9-6-15(10-7-13(19)16(21)14(20)8-10)23-17(22-9)18(25)28-12-4-2-11(3-5-12)24(26)27/h2-8H,1H3. The number of ether oxygens (including phenoxy) is 1. The van der Waals surface area contributed by atoms with Gasteiger partial charge in [0.1, 0.15) is 5.75 Å². The first-order valence-electron chi connectivity index (χ1n) is 7.72. The summed E-state index contributed by atoms with van der Waals surface area (Å²) in [6.45, 7) is 1.52. The van der Waals surface area contributed by atoms with Gasteiger partial charge in [0.05, 0.1) is 10.6 Å². The molecule has 2 aromatic carbocycles. The maximum absolute atomic E-state index is 13.5. The van der Waals surface area contributed by atoms with E-state index in [9.17, 15) is 28.1 Å². The number of hydrogen-bond donors (Lipinski definition) is 0. The van der Waals surface area contributed by atoms with Crippen molar-refractivity contribution in [2.45, 2.75) is 6.92 Å². The molecule has 0 N–H and O–H groups in total. The van der Waals surface area contributed by atoms with Gasteiger partial charge >= 0.3 is 5.97 Å². The van der Waals surface area contributed by atoms with Crippen LogP contribution in [0.3, 0.4) is 0 Å². The minimum atomic E-state index is -1.62. The predicted octanol–water partition coefficient (Wildman–Crippen LogP) is 4.00. The third-order valence-corrected chi connectivity index (χ3v) is 3.57. The molecular formula is C18H10F3N3O4. The molecular weight excluding hydrogens is 379 g/mol. The highest BCUT2D eigenvalue weighted by Gasteiger charge is 2.18. The lowest BCUT2D eigenvalue weighted by molar-refractivity contribution is -0.384. The van der Waals surface area contributed by atoms with Crippen molar-refractivity contribution in [2.75, 3.05) is 0 Å². The molecule has 7 nitrogen and oxygen atoms in total. The number of benzene rings is 2. The third kappa shape index (κ3) is 3.95. The Bertz CT molecular complexity index is 1060. The smallest absolute Gasteiger partial charge is 0.381 e. The molecule has 0 unspecified atom stereocenters. The van der Waals surface area contributed by atoms with Crippen molar-refractivity contribution in [3.63, 3.8) is 0 Å². The van der Waals surface area contributed by atoms with Gasteiger partial charge in [-0.1, -0.05) is 0 Å². The van der Waals surface area contributed by atoms with Crippen molar-refractivity contribution in [3.8, 4) is 17.0 Å². The van der Waals surface area contributed by atoms with Crippen LogP contribution in [0.2, 0.25) is 0 Å². The van der Waals surface area contributed by atoms with Crippen molar-refractivity contribution < 1.29 is 27.6 Å². The Morgan fingerprint density at radius 3 is 2.21 bits per heavy atom. The van der Waals surface area contributed by atoms with Gasteiger partial charge < -0.3 is 4.74 Å². The van der Waals surface area contributed by atoms with Gasteiger partial charge in [-0.3, -0.25) is 10.1 Å². The molecule has 0 bridgehead atoms. The Balaban J connectivity index is 1.90. The van der Waals surface area contributed by atoms with E-state index in [2.05, 4.69) is 9.97 Å². The molecule has 142 valence electrons. The molecule has 0 aliphatic rings. The summed E-state index contributed by atoms with van der Waals surface area (Å²) in [5, 5.41) is 10.6. The second-order valence-electron chi connectivity index (χ2n) is 5.61. The summed E-state index contributed by atoms with van der Waals surface area (Å²) in [6, 6.07) is 7.57. The van der Waals surface area contributed by atoms with Crippen LogP contribution in [0.5, 0.6) is 5.75 Å². The van der Waals surface area contributed by atoms with Crippen LogP contribution in [0.1, 0.15) is 16.3 Å². The molecule has 0 spiro atoms. The zero-order valence-corrected chi connectivity index (χ0v) is 14.1. The maximum atomic E-state index is 13.5. The van der Waals surface area contributed by atoms with Gasteiger partial charge in [0.25, 0.3) is 5.69 Å². The molecule has 0 atom stereocenters. The van der Waals surface area contributed by atoms with Crippen LogP contribution in [-0.4, -0.2) is 20.9 Å². The average Bonchev–Trinajstić information content (AvgIpc) is 2.65. The summed E-state index contributed by atoms with van der Waals surface area (Å²) in [7, 11) is 0. The number of nitro groups is 1. The van der Waals surface area contributed by atoms with Crippen LogP contribution in [0.15, 0.2) is 42.5 Å². The number of nitrogens with zero attached hydrogens (tertiary/aromatic N) is 3. The lowest BCUT2D eigenvalue weighted by atomic mass is 10.1. The van der Waals surface area contributed by atoms with Crippen LogP contribution in [0.4, 0.5) is 18.9 Å². The fraction of sp³-hybridized carbons (Fsp3) is 0.0556. The van der Waals surface area contributed by atoms with Gasteiger partial charge in [-0.05, 0) is 37.3 Å². The van der Waals surface area contributed by atoms with E-state index in [0.717, 1.165) is 24.3 Å². The second-order valence-corrected chi connectivity index (χ2v) is 5.61. The minimum Gasteiger partial charge on any atom is -0.421 e. The number of non-ortho nitro benzene ring substituents is 1. The molecule has 28 heavy (non-hydrogen) atoms. The molecule has 0 radical (unpaired) electrons. The Labute approximate surface area is 155 Å². The SMILES string of the molecule is Cc1cc(-c2cc(F)c(F)c(F)c2)nc(C(=O)Oc2ccc([N+](=O)[O-])cc2)n1. The molecule has 1 aromatic heterocycles. The highest BCUT2D eigenvalue weighted by atomic mass is 19.2. The van der Waals surface area contributed by atoms with E-state index in [4.69, 9.17) is 4.74 Å². The number of carbonyl (C=O) groups is 1. The Kier molecular flexibility index (Phi) is 5.03. The zero-order valence-electron chi connectivity index (χ0n) is 14.1. The Morgan fingerprint density at radius 2 is 1.64 bits per heavy atom. The van der Waals surface area contributed by atoms with Crippen LogP contribution >= 0.6 is 0 Å². The number of hydrogen-bond acceptors (Lipinski definition) is 6. The first-order chi connectivity index (χ1) is 13.2. The molecule has 3 rings (SSSR count). The van der Waals surface area contributed by atoms with Gasteiger partial charge in [0.2, 0.25) is 5.82 Å². The van der Waals surface area contributed by atoms with Crippen molar-refractivity contribution in [2.24, 2.45) is 0 Å².